The predicted octanol–water partition coefficient (Wildman–Crippen LogP) is 4.48. The van der Waals surface area contributed by atoms with E-state index >= 15 is 0 Å². The van der Waals surface area contributed by atoms with Gasteiger partial charge in [0.15, 0.2) is 6.61 Å². The molecule has 130 valence electrons. The van der Waals surface area contributed by atoms with E-state index in [1.165, 1.54) is 0 Å². The summed E-state index contributed by atoms with van der Waals surface area (Å²) in [5.41, 5.74) is 2.85. The number of benzene rings is 1. The number of esters is 1. The molecular formula is C19H30O3S. The number of rotatable bonds is 4. The Balaban J connectivity index is 3.23. The van der Waals surface area contributed by atoms with Crippen LogP contribution in [0.15, 0.2) is 12.1 Å². The van der Waals surface area contributed by atoms with E-state index in [2.05, 4.69) is 66.6 Å². The largest absolute Gasteiger partial charge is 0.507 e. The van der Waals surface area contributed by atoms with Crippen molar-refractivity contribution in [3.05, 3.63) is 28.8 Å². The molecule has 0 heterocycles. The van der Waals surface area contributed by atoms with E-state index in [1.54, 1.807) is 0 Å². The minimum atomic E-state index is -0.124. The summed E-state index contributed by atoms with van der Waals surface area (Å²) in [6, 6.07) is 4.16. The lowest BCUT2D eigenvalue weighted by atomic mass is 9.78. The minimum Gasteiger partial charge on any atom is -0.507 e. The Morgan fingerprint density at radius 2 is 1.57 bits per heavy atom. The maximum absolute atomic E-state index is 10.7. The van der Waals surface area contributed by atoms with E-state index in [0.717, 1.165) is 23.1 Å². The summed E-state index contributed by atoms with van der Waals surface area (Å²) >= 11 is 4.64. The van der Waals surface area contributed by atoms with E-state index in [4.69, 9.17) is 8.61 Å². The van der Waals surface area contributed by atoms with Gasteiger partial charge < -0.3 is 26.6 Å². The van der Waals surface area contributed by atoms with Gasteiger partial charge in [0.2, 0.25) is 0 Å². The zero-order chi connectivity index (χ0) is 17.8. The van der Waals surface area contributed by atoms with Gasteiger partial charge in [-0.25, -0.2) is 0 Å². The number of carbonyl (C=O) groups excluding carboxylic acids is 1. The molecule has 0 amide bonds. The Kier molecular flexibility index (Phi) is 6.46. The molecule has 0 radical (unpaired) electrons. The number of hydrogen-bond acceptors (Lipinski definition) is 3. The van der Waals surface area contributed by atoms with Crippen molar-refractivity contribution in [3.63, 3.8) is 0 Å². The summed E-state index contributed by atoms with van der Waals surface area (Å²) in [5, 5.41) is 10.7. The fourth-order valence-electron chi connectivity index (χ4n) is 2.53. The molecule has 0 unspecified atom stereocenters. The first-order valence-electron chi connectivity index (χ1n) is 8.16. The fourth-order valence-corrected chi connectivity index (χ4v) is 2.66. The van der Waals surface area contributed by atoms with Crippen LogP contribution in [0.3, 0.4) is 0 Å². The van der Waals surface area contributed by atoms with Crippen molar-refractivity contribution in [3.8, 4) is 5.75 Å². The van der Waals surface area contributed by atoms with Crippen molar-refractivity contribution in [2.24, 2.45) is 0 Å². The maximum Gasteiger partial charge on any atom is 0.468 e. The molecule has 0 saturated carbocycles. The molecular weight excluding hydrogens is 308 g/mol. The van der Waals surface area contributed by atoms with Crippen LogP contribution in [0.5, 0.6) is 5.75 Å². The normalized spacial score (nSPS) is 13.3. The summed E-state index contributed by atoms with van der Waals surface area (Å²) in [4.78, 5) is 0. The molecule has 1 aromatic carbocycles. The highest BCUT2D eigenvalue weighted by Gasteiger charge is 2.26. The lowest BCUT2D eigenvalue weighted by Crippen LogP contribution is -2.18. The molecule has 23 heavy (non-hydrogen) atoms. The number of aryl methyl sites for hydroxylation is 1. The van der Waals surface area contributed by atoms with Crippen LogP contribution in [0.25, 0.3) is 0 Å². The number of hydrogen-bond donors (Lipinski definition) is 1. The molecule has 4 heteroatoms. The second-order valence-corrected chi connectivity index (χ2v) is 8.09. The van der Waals surface area contributed by atoms with Crippen molar-refractivity contribution in [2.75, 3.05) is 6.61 Å². The van der Waals surface area contributed by atoms with Crippen molar-refractivity contribution in [1.82, 2.24) is 0 Å². The predicted molar refractivity (Wildman–Crippen MR) is 97.8 cm³/mol. The highest BCUT2D eigenvalue weighted by Crippen LogP contribution is 2.39. The molecule has 1 aromatic rings. The van der Waals surface area contributed by atoms with Gasteiger partial charge >= 0.3 is 5.97 Å². The van der Waals surface area contributed by atoms with Gasteiger partial charge in [-0.2, -0.15) is 0 Å². The SMILES string of the molecule is CCOC(CCc1cc(C(C)(C)C)c(O)c(C(C)(C)C)c1)=[O+][S-]. The third kappa shape index (κ3) is 5.38. The number of aromatic hydroxyl groups is 1. The first-order valence-corrected chi connectivity index (χ1v) is 8.49. The fraction of sp³-hybridized carbons (Fsp3) is 0.632. The van der Waals surface area contributed by atoms with Gasteiger partial charge in [-0.15, -0.1) is 0 Å². The van der Waals surface area contributed by atoms with Crippen LogP contribution in [0.1, 0.15) is 71.6 Å². The molecule has 0 aliphatic heterocycles. The average Bonchev–Trinajstić information content (AvgIpc) is 2.42. The van der Waals surface area contributed by atoms with Crippen LogP contribution < -0.4 is 0 Å². The van der Waals surface area contributed by atoms with Crippen LogP contribution in [-0.4, -0.2) is 17.7 Å². The van der Waals surface area contributed by atoms with Crippen molar-refractivity contribution >= 4 is 18.9 Å². The zero-order valence-corrected chi connectivity index (χ0v) is 16.3. The Morgan fingerprint density at radius 1 is 1.09 bits per heavy atom. The van der Waals surface area contributed by atoms with Gasteiger partial charge in [-0.3, -0.25) is 0 Å². The molecule has 0 aliphatic carbocycles. The average molecular weight is 339 g/mol. The lowest BCUT2D eigenvalue weighted by Gasteiger charge is -2.28. The summed E-state index contributed by atoms with van der Waals surface area (Å²) in [6.45, 7) is 15.1. The smallest absolute Gasteiger partial charge is 0.468 e. The van der Waals surface area contributed by atoms with Gasteiger partial charge in [0.1, 0.15) is 12.2 Å². The second-order valence-electron chi connectivity index (χ2n) is 7.93. The van der Waals surface area contributed by atoms with Gasteiger partial charge in [0.05, 0.1) is 0 Å². The van der Waals surface area contributed by atoms with Crippen LogP contribution in [0.4, 0.5) is 0 Å². The van der Waals surface area contributed by atoms with E-state index in [-0.39, 0.29) is 10.8 Å². The van der Waals surface area contributed by atoms with Crippen LogP contribution in [0, 0.1) is 0 Å². The molecule has 0 spiro atoms. The van der Waals surface area contributed by atoms with Gasteiger partial charge in [-0.1, -0.05) is 53.7 Å². The number of phenolic OH excluding ortho intramolecular Hbond substituents is 1. The monoisotopic (exact) mass is 338 g/mol. The van der Waals surface area contributed by atoms with Crippen molar-refractivity contribution in [1.29, 1.82) is 0 Å². The first-order chi connectivity index (χ1) is 10.5. The van der Waals surface area contributed by atoms with Crippen LogP contribution in [-0.2, 0) is 38.8 Å². The molecule has 3 nitrogen and oxygen atoms in total. The van der Waals surface area contributed by atoms with Crippen molar-refractivity contribution < 1.29 is 13.7 Å². The maximum atomic E-state index is 10.7. The molecule has 1 rings (SSSR count). The Bertz CT molecular complexity index is 528. The number of phenols is 1. The Labute approximate surface area is 146 Å². The van der Waals surface area contributed by atoms with E-state index in [0.29, 0.717) is 24.7 Å². The highest BCUT2D eigenvalue weighted by molar-refractivity contribution is 7.50. The van der Waals surface area contributed by atoms with Crippen LogP contribution in [0.2, 0.25) is 0 Å². The quantitative estimate of drug-likeness (QED) is 0.500. The zero-order valence-electron chi connectivity index (χ0n) is 15.4. The number of ether oxygens (including phenoxy) is 1. The standard InChI is InChI=1S/C19H30O3S/c1-8-21-16(22-23)10-9-13-11-14(18(2,3)4)17(20)15(12-13)19(5,6)7/h11-12,20H,8-10H2,1-7H3. The Hall–Kier alpha value is -1.29. The molecule has 0 bridgehead atoms. The lowest BCUT2D eigenvalue weighted by molar-refractivity contribution is -0.262. The van der Waals surface area contributed by atoms with Gasteiger partial charge in [0, 0.05) is 0 Å². The molecule has 1 N–H and O–H groups in total. The van der Waals surface area contributed by atoms with Gasteiger partial charge in [-0.05, 0) is 40.9 Å². The van der Waals surface area contributed by atoms with E-state index in [1.807, 2.05) is 6.92 Å². The first kappa shape index (κ1) is 19.8. The molecule has 0 atom stereocenters. The summed E-state index contributed by atoms with van der Waals surface area (Å²) in [6.07, 6.45) is 1.38. The Morgan fingerprint density at radius 3 is 1.91 bits per heavy atom. The summed E-state index contributed by atoms with van der Waals surface area (Å²) in [5.74, 6) is 0.882. The third-order valence-electron chi connectivity index (χ3n) is 3.80. The van der Waals surface area contributed by atoms with E-state index in [9.17, 15) is 5.11 Å². The molecule has 0 fully saturated rings. The van der Waals surface area contributed by atoms with Crippen LogP contribution >= 0.6 is 0 Å². The molecule has 0 aliphatic rings. The minimum absolute atomic E-state index is 0.124. The summed E-state index contributed by atoms with van der Waals surface area (Å²) < 4.78 is 10.2. The molecule has 0 aromatic heterocycles. The third-order valence-corrected chi connectivity index (χ3v) is 3.99. The highest BCUT2D eigenvalue weighted by atomic mass is 32.1. The summed E-state index contributed by atoms with van der Waals surface area (Å²) in [7, 11) is 0. The topological polar surface area (TPSA) is 40.8 Å². The van der Waals surface area contributed by atoms with E-state index < -0.39 is 0 Å². The van der Waals surface area contributed by atoms with Crippen molar-refractivity contribution in [2.45, 2.75) is 72.1 Å². The second kappa shape index (κ2) is 7.52. The van der Waals surface area contributed by atoms with Gasteiger partial charge in [0.25, 0.3) is 0 Å². The molecule has 0 saturated heterocycles.